The predicted octanol–water partition coefficient (Wildman–Crippen LogP) is 1.44. The number of rotatable bonds is 2. The lowest BCUT2D eigenvalue weighted by molar-refractivity contribution is 0.484. The highest BCUT2D eigenvalue weighted by molar-refractivity contribution is 5.80. The summed E-state index contributed by atoms with van der Waals surface area (Å²) in [6.07, 6.45) is 6.19. The van der Waals surface area contributed by atoms with Crippen LogP contribution >= 0.6 is 0 Å². The Hall–Kier alpha value is -2.63. The van der Waals surface area contributed by atoms with Crippen molar-refractivity contribution in [2.45, 2.75) is 0 Å². The third-order valence-electron chi connectivity index (χ3n) is 2.30. The van der Waals surface area contributed by atoms with Crippen LogP contribution in [0, 0.1) is 0 Å². The van der Waals surface area contributed by atoms with Gasteiger partial charge < -0.3 is 14.7 Å². The van der Waals surface area contributed by atoms with Gasteiger partial charge in [-0.15, -0.1) is 0 Å². The van der Waals surface area contributed by atoms with Crippen LogP contribution < -0.4 is 10.3 Å². The number of hydrogen-bond donors (Lipinski definition) is 2. The van der Waals surface area contributed by atoms with E-state index < -0.39 is 0 Å². The van der Waals surface area contributed by atoms with Crippen molar-refractivity contribution in [2.75, 3.05) is 0 Å². The van der Waals surface area contributed by atoms with Crippen molar-refractivity contribution in [2.24, 2.45) is 0 Å². The van der Waals surface area contributed by atoms with Crippen molar-refractivity contribution in [3.8, 4) is 11.5 Å². The topological polar surface area (TPSA) is 83.7 Å². The Kier molecular flexibility index (Phi) is 2.11. The molecule has 0 bridgehead atoms. The van der Waals surface area contributed by atoms with Crippen molar-refractivity contribution < 1.29 is 4.74 Å². The number of aromatic amines is 2. The fraction of sp³-hybridized carbons (Fsp3) is 0. The maximum atomic E-state index is 11.4. The van der Waals surface area contributed by atoms with Crippen LogP contribution in [0.1, 0.15) is 0 Å². The van der Waals surface area contributed by atoms with Crippen molar-refractivity contribution in [1.82, 2.24) is 19.9 Å². The number of H-pyrrole nitrogens is 2. The molecule has 0 atom stereocenters. The van der Waals surface area contributed by atoms with Crippen molar-refractivity contribution >= 4 is 11.0 Å². The lowest BCUT2D eigenvalue weighted by Gasteiger charge is -2.01. The Balaban J connectivity index is 2.08. The summed E-state index contributed by atoms with van der Waals surface area (Å²) in [5, 5.41) is 0. The maximum Gasteiger partial charge on any atom is 0.275 e. The third-order valence-corrected chi connectivity index (χ3v) is 2.30. The van der Waals surface area contributed by atoms with E-state index in [1.54, 1.807) is 30.7 Å². The number of nitrogens with one attached hydrogen (secondary N) is 2. The zero-order valence-corrected chi connectivity index (χ0v) is 8.68. The smallest absolute Gasteiger partial charge is 0.275 e. The molecule has 0 unspecified atom stereocenters. The van der Waals surface area contributed by atoms with Crippen LogP contribution in [0.2, 0.25) is 0 Å². The summed E-state index contributed by atoms with van der Waals surface area (Å²) in [4.78, 5) is 24.8. The minimum atomic E-state index is -0.226. The molecule has 0 spiro atoms. The van der Waals surface area contributed by atoms with E-state index in [2.05, 4.69) is 19.9 Å². The number of hydrogen-bond acceptors (Lipinski definition) is 4. The first kappa shape index (κ1) is 9.59. The molecule has 0 aliphatic carbocycles. The number of ether oxygens (including phenoxy) is 1. The molecule has 3 aromatic rings. The third kappa shape index (κ3) is 1.65. The molecule has 0 fully saturated rings. The molecular formula is C11H8N4O2. The molecule has 3 heterocycles. The minimum Gasteiger partial charge on any atom is -0.452 e. The summed E-state index contributed by atoms with van der Waals surface area (Å²) >= 11 is 0. The normalized spacial score (nSPS) is 10.6. The number of nitrogens with zero attached hydrogens (tertiary/aromatic N) is 2. The summed E-state index contributed by atoms with van der Waals surface area (Å²) < 4.78 is 5.58. The fourth-order valence-corrected chi connectivity index (χ4v) is 1.54. The van der Waals surface area contributed by atoms with Crippen LogP contribution in [-0.4, -0.2) is 19.9 Å². The van der Waals surface area contributed by atoms with Gasteiger partial charge in [-0.3, -0.25) is 9.78 Å². The molecule has 0 amide bonds. The number of aromatic nitrogens is 4. The summed E-state index contributed by atoms with van der Waals surface area (Å²) in [6, 6.07) is 3.55. The maximum absolute atomic E-state index is 11.4. The van der Waals surface area contributed by atoms with E-state index in [9.17, 15) is 4.79 Å². The van der Waals surface area contributed by atoms with Crippen LogP contribution in [0.4, 0.5) is 0 Å². The molecule has 84 valence electrons. The van der Waals surface area contributed by atoms with Crippen molar-refractivity contribution in [3.63, 3.8) is 0 Å². The molecule has 0 saturated carbocycles. The van der Waals surface area contributed by atoms with Crippen LogP contribution in [0.3, 0.4) is 0 Å². The highest BCUT2D eigenvalue weighted by Gasteiger charge is 2.09. The number of fused-ring (bicyclic) bond motifs is 1. The molecule has 6 heteroatoms. The van der Waals surface area contributed by atoms with Crippen LogP contribution in [-0.2, 0) is 0 Å². The first-order valence-electron chi connectivity index (χ1n) is 4.97. The first-order chi connectivity index (χ1) is 8.34. The molecule has 17 heavy (non-hydrogen) atoms. The van der Waals surface area contributed by atoms with Gasteiger partial charge in [-0.25, -0.2) is 4.98 Å². The Morgan fingerprint density at radius 2 is 2.24 bits per heavy atom. The molecule has 3 aromatic heterocycles. The van der Waals surface area contributed by atoms with Gasteiger partial charge in [0.1, 0.15) is 16.8 Å². The van der Waals surface area contributed by atoms with Crippen LogP contribution in [0.15, 0.2) is 41.8 Å². The van der Waals surface area contributed by atoms with Gasteiger partial charge in [0.05, 0.1) is 12.5 Å². The Morgan fingerprint density at radius 3 is 3.06 bits per heavy atom. The summed E-state index contributed by atoms with van der Waals surface area (Å²) in [6.45, 7) is 0. The number of pyridine rings is 1. The average molecular weight is 228 g/mol. The monoisotopic (exact) mass is 228 g/mol. The van der Waals surface area contributed by atoms with Gasteiger partial charge in [0.15, 0.2) is 5.75 Å². The van der Waals surface area contributed by atoms with Gasteiger partial charge in [0.2, 0.25) is 0 Å². The largest absolute Gasteiger partial charge is 0.452 e. The van der Waals surface area contributed by atoms with E-state index in [4.69, 9.17) is 4.74 Å². The van der Waals surface area contributed by atoms with E-state index >= 15 is 0 Å². The van der Waals surface area contributed by atoms with Gasteiger partial charge in [-0.05, 0) is 12.1 Å². The zero-order chi connectivity index (χ0) is 11.7. The zero-order valence-electron chi connectivity index (χ0n) is 8.68. The second-order valence-corrected chi connectivity index (χ2v) is 3.40. The van der Waals surface area contributed by atoms with Crippen LogP contribution in [0.5, 0.6) is 11.5 Å². The lowest BCUT2D eigenvalue weighted by atomic mass is 10.4. The molecule has 0 radical (unpaired) electrons. The Bertz CT molecular complexity index is 702. The molecular weight excluding hydrogens is 220 g/mol. The molecule has 0 aromatic carbocycles. The van der Waals surface area contributed by atoms with Crippen molar-refractivity contribution in [3.05, 3.63) is 47.4 Å². The second-order valence-electron chi connectivity index (χ2n) is 3.40. The second kappa shape index (κ2) is 3.75. The van der Waals surface area contributed by atoms with E-state index in [1.807, 2.05) is 0 Å². The van der Waals surface area contributed by atoms with E-state index in [1.165, 1.54) is 6.33 Å². The Morgan fingerprint density at radius 1 is 1.29 bits per heavy atom. The van der Waals surface area contributed by atoms with E-state index in [-0.39, 0.29) is 5.56 Å². The molecule has 2 N–H and O–H groups in total. The minimum absolute atomic E-state index is 0.226. The van der Waals surface area contributed by atoms with Gasteiger partial charge >= 0.3 is 0 Å². The Labute approximate surface area is 95.3 Å². The van der Waals surface area contributed by atoms with Gasteiger partial charge in [0.25, 0.3) is 5.56 Å². The molecule has 0 saturated heterocycles. The van der Waals surface area contributed by atoms with Gasteiger partial charge in [-0.2, -0.15) is 0 Å². The highest BCUT2D eigenvalue weighted by Crippen LogP contribution is 2.25. The first-order valence-corrected chi connectivity index (χ1v) is 4.97. The quantitative estimate of drug-likeness (QED) is 0.695. The average Bonchev–Trinajstić information content (AvgIpc) is 2.76. The van der Waals surface area contributed by atoms with E-state index in [0.717, 1.165) is 0 Å². The summed E-state index contributed by atoms with van der Waals surface area (Å²) in [5.41, 5.74) is 0.667. The molecule has 0 aliphatic heterocycles. The summed E-state index contributed by atoms with van der Waals surface area (Å²) in [7, 11) is 0. The molecule has 3 rings (SSSR count). The summed E-state index contributed by atoms with van der Waals surface area (Å²) in [5.74, 6) is 1.09. The predicted molar refractivity (Wildman–Crippen MR) is 61.0 cm³/mol. The van der Waals surface area contributed by atoms with Crippen molar-refractivity contribution in [1.29, 1.82) is 0 Å². The van der Waals surface area contributed by atoms with Gasteiger partial charge in [-0.1, -0.05) is 0 Å². The molecule has 0 aliphatic rings. The van der Waals surface area contributed by atoms with E-state index in [0.29, 0.717) is 22.5 Å². The SMILES string of the molecule is O=c1[nH]cnc2c(Oc3cccnc3)c[nH]c12. The standard InChI is InChI=1S/C11H8N4O2/c16-11-10-9(14-6-15-11)8(5-13-10)17-7-2-1-3-12-4-7/h1-6,13H,(H,14,15,16). The fourth-order valence-electron chi connectivity index (χ4n) is 1.54. The molecule has 6 nitrogen and oxygen atoms in total. The highest BCUT2D eigenvalue weighted by atomic mass is 16.5. The van der Waals surface area contributed by atoms with Gasteiger partial charge in [0, 0.05) is 12.4 Å². The lowest BCUT2D eigenvalue weighted by Crippen LogP contribution is -2.05. The van der Waals surface area contributed by atoms with Crippen LogP contribution in [0.25, 0.3) is 11.0 Å².